The molecule has 2 aromatic rings. The highest BCUT2D eigenvalue weighted by molar-refractivity contribution is 5.68. The van der Waals surface area contributed by atoms with Gasteiger partial charge in [0.05, 0.1) is 0 Å². The molecule has 2 aromatic carbocycles. The monoisotopic (exact) mass is 240 g/mol. The molecule has 0 amide bonds. The van der Waals surface area contributed by atoms with Gasteiger partial charge in [-0.1, -0.05) is 17.7 Å². The Labute approximate surface area is 109 Å². The number of nitrogen functional groups attached to an aromatic ring is 1. The third-order valence-electron chi connectivity index (χ3n) is 3.35. The molecule has 0 heterocycles. The fourth-order valence-corrected chi connectivity index (χ4v) is 2.19. The lowest BCUT2D eigenvalue weighted by Gasteiger charge is -2.22. The first-order chi connectivity index (χ1) is 8.49. The van der Waals surface area contributed by atoms with Gasteiger partial charge in [-0.15, -0.1) is 0 Å². The maximum Gasteiger partial charge on any atom is 0.0437 e. The Morgan fingerprint density at radius 2 is 1.61 bits per heavy atom. The van der Waals surface area contributed by atoms with Crippen LogP contribution >= 0.6 is 0 Å². The number of hydrogen-bond acceptors (Lipinski definition) is 2. The molecule has 0 aliphatic heterocycles. The molecule has 0 fully saturated rings. The van der Waals surface area contributed by atoms with Crippen LogP contribution in [-0.4, -0.2) is 7.05 Å². The van der Waals surface area contributed by atoms with Crippen LogP contribution in [0.2, 0.25) is 0 Å². The average Bonchev–Trinajstić information content (AvgIpc) is 2.32. The first-order valence-electron chi connectivity index (χ1n) is 6.16. The maximum atomic E-state index is 5.86. The molecule has 0 aliphatic carbocycles. The number of anilines is 3. The summed E-state index contributed by atoms with van der Waals surface area (Å²) in [6.45, 7) is 6.29. The van der Waals surface area contributed by atoms with Crippen LogP contribution in [0.15, 0.2) is 36.4 Å². The van der Waals surface area contributed by atoms with Gasteiger partial charge in [0, 0.05) is 24.1 Å². The smallest absolute Gasteiger partial charge is 0.0437 e. The second kappa shape index (κ2) is 4.73. The van der Waals surface area contributed by atoms with Crippen LogP contribution in [-0.2, 0) is 0 Å². The number of hydrogen-bond donors (Lipinski definition) is 1. The summed E-state index contributed by atoms with van der Waals surface area (Å²) < 4.78 is 0. The van der Waals surface area contributed by atoms with Crippen molar-refractivity contribution in [3.8, 4) is 0 Å². The van der Waals surface area contributed by atoms with E-state index in [0.29, 0.717) is 0 Å². The van der Waals surface area contributed by atoms with E-state index in [1.807, 2.05) is 13.0 Å². The summed E-state index contributed by atoms with van der Waals surface area (Å²) in [5.41, 5.74) is 12.8. The summed E-state index contributed by atoms with van der Waals surface area (Å²) in [5.74, 6) is 0. The zero-order valence-corrected chi connectivity index (χ0v) is 11.5. The minimum Gasteiger partial charge on any atom is -0.399 e. The van der Waals surface area contributed by atoms with Crippen LogP contribution in [0.1, 0.15) is 16.7 Å². The fourth-order valence-electron chi connectivity index (χ4n) is 2.19. The molecule has 18 heavy (non-hydrogen) atoms. The van der Waals surface area contributed by atoms with Gasteiger partial charge in [0.1, 0.15) is 0 Å². The van der Waals surface area contributed by atoms with E-state index in [2.05, 4.69) is 56.1 Å². The molecule has 0 spiro atoms. The van der Waals surface area contributed by atoms with Crippen LogP contribution in [0.3, 0.4) is 0 Å². The van der Waals surface area contributed by atoms with Crippen LogP contribution < -0.4 is 10.6 Å². The summed E-state index contributed by atoms with van der Waals surface area (Å²) in [6.07, 6.45) is 0. The van der Waals surface area contributed by atoms with Crippen LogP contribution in [0.25, 0.3) is 0 Å². The van der Waals surface area contributed by atoms with Crippen molar-refractivity contribution in [3.63, 3.8) is 0 Å². The molecule has 2 rings (SSSR count). The molecular weight excluding hydrogens is 220 g/mol. The van der Waals surface area contributed by atoms with Gasteiger partial charge in [-0.05, 0) is 56.2 Å². The SMILES string of the molecule is Cc1ccc(N(C)c2ccc(N)c(C)c2)c(C)c1. The Balaban J connectivity index is 2.41. The van der Waals surface area contributed by atoms with Gasteiger partial charge in [-0.25, -0.2) is 0 Å². The first kappa shape index (κ1) is 12.5. The number of aryl methyl sites for hydroxylation is 3. The van der Waals surface area contributed by atoms with Gasteiger partial charge in [-0.2, -0.15) is 0 Å². The standard InChI is InChI=1S/C16H20N2/c1-11-5-8-16(13(3)9-11)18(4)14-6-7-15(17)12(2)10-14/h5-10H,17H2,1-4H3. The third kappa shape index (κ3) is 2.33. The molecule has 0 unspecified atom stereocenters. The average molecular weight is 240 g/mol. The summed E-state index contributed by atoms with van der Waals surface area (Å²) in [4.78, 5) is 2.20. The number of nitrogens with zero attached hydrogens (tertiary/aromatic N) is 1. The zero-order valence-electron chi connectivity index (χ0n) is 11.5. The van der Waals surface area contributed by atoms with Gasteiger partial charge in [-0.3, -0.25) is 0 Å². The van der Waals surface area contributed by atoms with Crippen LogP contribution in [0.4, 0.5) is 17.1 Å². The van der Waals surface area contributed by atoms with Crippen molar-refractivity contribution in [1.29, 1.82) is 0 Å². The van der Waals surface area contributed by atoms with Crippen molar-refractivity contribution in [2.45, 2.75) is 20.8 Å². The molecular formula is C16H20N2. The predicted octanol–water partition coefficient (Wildman–Crippen LogP) is 3.96. The number of rotatable bonds is 2. The van der Waals surface area contributed by atoms with Gasteiger partial charge < -0.3 is 10.6 Å². The van der Waals surface area contributed by atoms with Crippen LogP contribution in [0, 0.1) is 20.8 Å². The molecule has 94 valence electrons. The lowest BCUT2D eigenvalue weighted by atomic mass is 10.1. The molecule has 0 radical (unpaired) electrons. The molecule has 0 aromatic heterocycles. The Morgan fingerprint density at radius 3 is 2.22 bits per heavy atom. The molecule has 0 saturated carbocycles. The fraction of sp³-hybridized carbons (Fsp3) is 0.250. The van der Waals surface area contributed by atoms with Gasteiger partial charge >= 0.3 is 0 Å². The molecule has 2 nitrogen and oxygen atoms in total. The lowest BCUT2D eigenvalue weighted by Crippen LogP contribution is -2.11. The summed E-state index contributed by atoms with van der Waals surface area (Å²) >= 11 is 0. The van der Waals surface area contributed by atoms with Crippen molar-refractivity contribution in [2.24, 2.45) is 0 Å². The second-order valence-electron chi connectivity index (χ2n) is 4.89. The summed E-state index contributed by atoms with van der Waals surface area (Å²) in [6, 6.07) is 12.6. The highest BCUT2D eigenvalue weighted by Gasteiger charge is 2.07. The Bertz CT molecular complexity index is 573. The van der Waals surface area contributed by atoms with Crippen LogP contribution in [0.5, 0.6) is 0 Å². The van der Waals surface area contributed by atoms with Crippen molar-refractivity contribution in [2.75, 3.05) is 17.7 Å². The minimum atomic E-state index is 0.841. The molecule has 2 heteroatoms. The van der Waals surface area contributed by atoms with E-state index in [4.69, 9.17) is 5.73 Å². The number of nitrogens with two attached hydrogens (primary N) is 1. The Kier molecular flexibility index (Phi) is 3.28. The minimum absolute atomic E-state index is 0.841. The van der Waals surface area contributed by atoms with E-state index in [0.717, 1.165) is 16.9 Å². The van der Waals surface area contributed by atoms with Gasteiger partial charge in [0.2, 0.25) is 0 Å². The number of benzene rings is 2. The van der Waals surface area contributed by atoms with Gasteiger partial charge in [0.15, 0.2) is 0 Å². The lowest BCUT2D eigenvalue weighted by molar-refractivity contribution is 1.17. The highest BCUT2D eigenvalue weighted by atomic mass is 15.1. The Hall–Kier alpha value is -1.96. The summed E-state index contributed by atoms with van der Waals surface area (Å²) in [5, 5.41) is 0. The second-order valence-corrected chi connectivity index (χ2v) is 4.89. The van der Waals surface area contributed by atoms with E-state index in [9.17, 15) is 0 Å². The van der Waals surface area contributed by atoms with Crippen molar-refractivity contribution >= 4 is 17.1 Å². The third-order valence-corrected chi connectivity index (χ3v) is 3.35. The first-order valence-corrected chi connectivity index (χ1v) is 6.16. The van der Waals surface area contributed by atoms with E-state index in [1.54, 1.807) is 0 Å². The van der Waals surface area contributed by atoms with Crippen molar-refractivity contribution in [3.05, 3.63) is 53.1 Å². The van der Waals surface area contributed by atoms with E-state index in [1.165, 1.54) is 16.8 Å². The van der Waals surface area contributed by atoms with E-state index < -0.39 is 0 Å². The van der Waals surface area contributed by atoms with E-state index in [-0.39, 0.29) is 0 Å². The normalized spacial score (nSPS) is 10.4. The quantitative estimate of drug-likeness (QED) is 0.805. The molecule has 2 N–H and O–H groups in total. The largest absolute Gasteiger partial charge is 0.399 e. The highest BCUT2D eigenvalue weighted by Crippen LogP contribution is 2.29. The predicted molar refractivity (Wildman–Crippen MR) is 79.6 cm³/mol. The van der Waals surface area contributed by atoms with Gasteiger partial charge in [0.25, 0.3) is 0 Å². The Morgan fingerprint density at radius 1 is 0.889 bits per heavy atom. The van der Waals surface area contributed by atoms with Crippen molar-refractivity contribution in [1.82, 2.24) is 0 Å². The molecule has 0 atom stereocenters. The maximum absolute atomic E-state index is 5.86. The van der Waals surface area contributed by atoms with Crippen molar-refractivity contribution < 1.29 is 0 Å². The summed E-state index contributed by atoms with van der Waals surface area (Å²) in [7, 11) is 2.09. The zero-order chi connectivity index (χ0) is 13.3. The van der Waals surface area contributed by atoms with E-state index >= 15 is 0 Å². The molecule has 0 bridgehead atoms. The topological polar surface area (TPSA) is 29.3 Å². The molecule has 0 aliphatic rings. The molecule has 0 saturated heterocycles.